The van der Waals surface area contributed by atoms with Gasteiger partial charge in [0.1, 0.15) is 29.4 Å². The molecule has 2 aromatic heterocycles. The summed E-state index contributed by atoms with van der Waals surface area (Å²) in [6.45, 7) is 5.59. The minimum Gasteiger partial charge on any atom is -0.496 e. The van der Waals surface area contributed by atoms with E-state index >= 15 is 0 Å². The molecular formula is C30H34ClN4O3. The summed E-state index contributed by atoms with van der Waals surface area (Å²) >= 11 is 6.47. The van der Waals surface area contributed by atoms with Gasteiger partial charge in [0, 0.05) is 23.2 Å². The lowest BCUT2D eigenvalue weighted by Gasteiger charge is -2.14. The zero-order chi connectivity index (χ0) is 26.9. The largest absolute Gasteiger partial charge is 0.496 e. The maximum absolute atomic E-state index is 12.7. The highest BCUT2D eigenvalue weighted by atomic mass is 35.5. The van der Waals surface area contributed by atoms with Crippen molar-refractivity contribution in [3.63, 3.8) is 0 Å². The number of halogens is 1. The van der Waals surface area contributed by atoms with Crippen molar-refractivity contribution in [2.75, 3.05) is 13.7 Å². The first kappa shape index (κ1) is 27.5. The number of benzene rings is 2. The number of imidazole rings is 1. The molecule has 0 bridgehead atoms. The topological polar surface area (TPSA) is 80.3 Å². The summed E-state index contributed by atoms with van der Waals surface area (Å²) in [6.07, 6.45) is 4.59. The van der Waals surface area contributed by atoms with E-state index in [9.17, 15) is 4.79 Å². The third kappa shape index (κ3) is 7.04. The Balaban J connectivity index is 1.35. The molecule has 1 unspecified atom stereocenters. The molecule has 1 amide bonds. The first-order valence-electron chi connectivity index (χ1n) is 13.0. The number of para-hydroxylation sites is 1. The number of rotatable bonds is 13. The van der Waals surface area contributed by atoms with Crippen molar-refractivity contribution in [1.29, 1.82) is 0 Å². The smallest absolute Gasteiger partial charge is 0.241 e. The van der Waals surface area contributed by atoms with E-state index in [1.807, 2.05) is 59.2 Å². The molecule has 0 fully saturated rings. The summed E-state index contributed by atoms with van der Waals surface area (Å²) in [7, 11) is 1.66. The van der Waals surface area contributed by atoms with Crippen LogP contribution >= 0.6 is 11.6 Å². The zero-order valence-corrected chi connectivity index (χ0v) is 22.9. The average Bonchev–Trinajstić information content (AvgIpc) is 3.28. The van der Waals surface area contributed by atoms with Gasteiger partial charge in [0.2, 0.25) is 5.91 Å². The highest BCUT2D eigenvalue weighted by Gasteiger charge is 2.16. The molecule has 0 N–H and O–H groups in total. The molecule has 8 heteroatoms. The third-order valence-electron chi connectivity index (χ3n) is 6.42. The zero-order valence-electron chi connectivity index (χ0n) is 22.2. The van der Waals surface area contributed by atoms with Gasteiger partial charge in [-0.2, -0.15) is 0 Å². The number of hydrogen-bond acceptors (Lipinski definition) is 5. The fourth-order valence-electron chi connectivity index (χ4n) is 4.38. The van der Waals surface area contributed by atoms with Crippen LogP contribution in [0, 0.1) is 5.92 Å². The van der Waals surface area contributed by atoms with Gasteiger partial charge in [0.15, 0.2) is 5.65 Å². The number of carbonyl (C=O) groups excluding carboxylic acids is 1. The Kier molecular flexibility index (Phi) is 9.60. The molecule has 1 atom stereocenters. The summed E-state index contributed by atoms with van der Waals surface area (Å²) in [6, 6.07) is 17.5. The first-order chi connectivity index (χ1) is 18.5. The summed E-state index contributed by atoms with van der Waals surface area (Å²) in [5.41, 5.74) is 3.60. The number of pyridine rings is 1. The van der Waals surface area contributed by atoms with Crippen molar-refractivity contribution in [2.45, 2.75) is 52.6 Å². The number of carbonyl (C=O) groups is 1. The van der Waals surface area contributed by atoms with Crippen molar-refractivity contribution in [3.8, 4) is 11.5 Å². The number of methoxy groups -OCH3 is 1. The van der Waals surface area contributed by atoms with E-state index < -0.39 is 0 Å². The monoisotopic (exact) mass is 533 g/mol. The molecule has 0 aliphatic rings. The van der Waals surface area contributed by atoms with Gasteiger partial charge < -0.3 is 14.0 Å². The van der Waals surface area contributed by atoms with Crippen molar-refractivity contribution in [3.05, 3.63) is 82.8 Å². The van der Waals surface area contributed by atoms with Crippen LogP contribution in [0.25, 0.3) is 11.2 Å². The molecule has 2 heterocycles. The van der Waals surface area contributed by atoms with E-state index in [4.69, 9.17) is 26.1 Å². The average molecular weight is 534 g/mol. The van der Waals surface area contributed by atoms with Crippen molar-refractivity contribution < 1.29 is 14.3 Å². The molecule has 38 heavy (non-hydrogen) atoms. The minimum atomic E-state index is -0.130. The molecule has 2 aromatic carbocycles. The Labute approximate surface area is 229 Å². The van der Waals surface area contributed by atoms with E-state index in [0.717, 1.165) is 53.1 Å². The van der Waals surface area contributed by atoms with Crippen LogP contribution in [0.4, 0.5) is 0 Å². The van der Waals surface area contributed by atoms with Crippen LogP contribution in [0.15, 0.2) is 60.8 Å². The third-order valence-corrected chi connectivity index (χ3v) is 6.77. The SMILES string of the molecule is CCCOc1ccc(CC(C)CCC(=O)[N]Cc2nc3cccnc3n2Cc2ccccc2OC)c(Cl)c1. The van der Waals surface area contributed by atoms with Crippen LogP contribution in [0.2, 0.25) is 5.02 Å². The van der Waals surface area contributed by atoms with E-state index in [1.165, 1.54) is 0 Å². The van der Waals surface area contributed by atoms with Gasteiger partial charge in [0.25, 0.3) is 0 Å². The van der Waals surface area contributed by atoms with Crippen LogP contribution in [0.5, 0.6) is 11.5 Å². The Hall–Kier alpha value is -3.58. The molecular weight excluding hydrogens is 500 g/mol. The van der Waals surface area contributed by atoms with Crippen molar-refractivity contribution in [2.24, 2.45) is 5.92 Å². The molecule has 0 aliphatic heterocycles. The number of nitrogens with zero attached hydrogens (tertiary/aromatic N) is 4. The second-order valence-corrected chi connectivity index (χ2v) is 9.84. The van der Waals surface area contributed by atoms with Gasteiger partial charge >= 0.3 is 0 Å². The summed E-state index contributed by atoms with van der Waals surface area (Å²) in [5.74, 6) is 2.43. The molecule has 7 nitrogen and oxygen atoms in total. The lowest BCUT2D eigenvalue weighted by molar-refractivity contribution is -0.121. The summed E-state index contributed by atoms with van der Waals surface area (Å²) in [4.78, 5) is 21.9. The van der Waals surface area contributed by atoms with Gasteiger partial charge in [-0.05, 0) is 61.1 Å². The summed E-state index contributed by atoms with van der Waals surface area (Å²) in [5, 5.41) is 5.05. The Morgan fingerprint density at radius 2 is 1.97 bits per heavy atom. The molecule has 0 saturated carbocycles. The van der Waals surface area contributed by atoms with Crippen molar-refractivity contribution in [1.82, 2.24) is 19.9 Å². The minimum absolute atomic E-state index is 0.130. The maximum atomic E-state index is 12.7. The standard InChI is InChI=1S/C30H34ClN4O3/c1-4-16-38-24-13-12-22(25(31)18-24)17-21(2)11-14-29(36)33-19-28-34-26-9-7-15-32-30(26)35(28)20-23-8-5-6-10-27(23)37-3/h5-10,12-13,15,18,21H,4,11,14,16-17,19-20H2,1-3H3. The van der Waals surface area contributed by atoms with Gasteiger partial charge in [-0.15, -0.1) is 0 Å². The fourth-order valence-corrected chi connectivity index (χ4v) is 4.63. The second-order valence-electron chi connectivity index (χ2n) is 9.43. The number of hydrogen-bond donors (Lipinski definition) is 0. The Morgan fingerprint density at radius 3 is 2.76 bits per heavy atom. The second kappa shape index (κ2) is 13.3. The van der Waals surface area contributed by atoms with E-state index in [2.05, 4.69) is 24.1 Å². The van der Waals surface area contributed by atoms with E-state index in [-0.39, 0.29) is 18.4 Å². The Morgan fingerprint density at radius 1 is 1.13 bits per heavy atom. The van der Waals surface area contributed by atoms with E-state index in [1.54, 1.807) is 13.3 Å². The molecule has 199 valence electrons. The highest BCUT2D eigenvalue weighted by molar-refractivity contribution is 6.31. The quantitative estimate of drug-likeness (QED) is 0.204. The number of amides is 1. The van der Waals surface area contributed by atoms with Crippen LogP contribution in [0.3, 0.4) is 0 Å². The normalized spacial score (nSPS) is 11.9. The number of fused-ring (bicyclic) bond motifs is 1. The first-order valence-corrected chi connectivity index (χ1v) is 13.4. The number of aromatic nitrogens is 3. The lowest BCUT2D eigenvalue weighted by Crippen LogP contribution is -2.19. The Bertz CT molecular complexity index is 1370. The van der Waals surface area contributed by atoms with Gasteiger partial charge in [-0.1, -0.05) is 49.7 Å². The molecule has 0 spiro atoms. The lowest BCUT2D eigenvalue weighted by atomic mass is 9.96. The molecule has 0 saturated heterocycles. The van der Waals surface area contributed by atoms with Crippen LogP contribution in [-0.4, -0.2) is 34.2 Å². The van der Waals surface area contributed by atoms with Gasteiger partial charge in [-0.3, -0.25) is 4.79 Å². The van der Waals surface area contributed by atoms with Crippen LogP contribution in [-0.2, 0) is 24.3 Å². The van der Waals surface area contributed by atoms with E-state index in [0.29, 0.717) is 30.4 Å². The predicted octanol–water partition coefficient (Wildman–Crippen LogP) is 6.22. The fraction of sp³-hybridized carbons (Fsp3) is 0.367. The molecule has 4 aromatic rings. The predicted molar refractivity (Wildman–Crippen MR) is 150 cm³/mol. The molecule has 1 radical (unpaired) electrons. The maximum Gasteiger partial charge on any atom is 0.241 e. The van der Waals surface area contributed by atoms with Crippen molar-refractivity contribution >= 4 is 28.7 Å². The summed E-state index contributed by atoms with van der Waals surface area (Å²) < 4.78 is 13.2. The van der Waals surface area contributed by atoms with Gasteiger partial charge in [0.05, 0.1) is 20.3 Å². The molecule has 4 rings (SSSR count). The van der Waals surface area contributed by atoms with Gasteiger partial charge in [-0.25, -0.2) is 15.3 Å². The van der Waals surface area contributed by atoms with Crippen LogP contribution < -0.4 is 14.8 Å². The molecule has 0 aliphatic carbocycles. The highest BCUT2D eigenvalue weighted by Crippen LogP contribution is 2.26. The number of ether oxygens (including phenoxy) is 2. The van der Waals surface area contributed by atoms with Crippen LogP contribution in [0.1, 0.15) is 50.1 Å².